The van der Waals surface area contributed by atoms with E-state index in [1.54, 1.807) is 72.8 Å². The Balaban J connectivity index is 1.34. The monoisotopic (exact) mass is 689 g/mol. The van der Waals surface area contributed by atoms with Gasteiger partial charge in [-0.2, -0.15) is 0 Å². The van der Waals surface area contributed by atoms with E-state index in [1.807, 2.05) is 0 Å². The standard InChI is InChI=1S/C22H23O5.C15H19O3.Co.O/c1-2-21(23)26-17-9-4-3-8-16-25-19-14-12-18(13-15-19)22(24)27-20-10-6-5-7-11-20;1-2-15(16)18-13-9-4-3-8-12-17-14-10-6-5-7-11-14;;/h2,6-7,10-15H,1,3-4,8-9,16-17H2;2,6-7,10-11H,1,3-4,8-9,12-13H2;;. The van der Waals surface area contributed by atoms with Gasteiger partial charge >= 0.3 is 209 Å². The van der Waals surface area contributed by atoms with Crippen molar-refractivity contribution in [2.24, 2.45) is 0 Å². The number of unbranched alkanes of at least 4 members (excludes halogenated alkanes) is 6. The summed E-state index contributed by atoms with van der Waals surface area (Å²) in [6, 6.07) is 20.6. The van der Waals surface area contributed by atoms with Crippen LogP contribution >= 0.6 is 0 Å². The minimum atomic E-state index is -1.81. The predicted molar refractivity (Wildman–Crippen MR) is 174 cm³/mol. The Bertz CT molecular complexity index is 1450. The molecule has 0 spiro atoms. The molecule has 3 rings (SSSR count). The Morgan fingerprint density at radius 2 is 0.915 bits per heavy atom. The molecule has 0 unspecified atom stereocenters. The van der Waals surface area contributed by atoms with Gasteiger partial charge < -0.3 is 4.74 Å². The number of hydrogen-bond acceptors (Lipinski definition) is 9. The molecule has 0 aliphatic carbocycles. The fraction of sp³-hybridized carbons (Fsp3) is 0.324. The van der Waals surface area contributed by atoms with Crippen molar-refractivity contribution >= 4 is 26.9 Å². The Morgan fingerprint density at radius 1 is 0.532 bits per heavy atom. The van der Waals surface area contributed by atoms with Gasteiger partial charge in [-0.3, -0.25) is 0 Å². The van der Waals surface area contributed by atoms with Crippen LogP contribution in [0.2, 0.25) is 0 Å². The Labute approximate surface area is 280 Å². The van der Waals surface area contributed by atoms with Gasteiger partial charge in [0, 0.05) is 12.2 Å². The predicted octanol–water partition coefficient (Wildman–Crippen LogP) is 6.16. The molecule has 0 atom stereocenters. The zero-order chi connectivity index (χ0) is 33.7. The van der Waals surface area contributed by atoms with Gasteiger partial charge in [-0.05, 0) is 25.7 Å². The van der Waals surface area contributed by atoms with E-state index >= 15 is 0 Å². The summed E-state index contributed by atoms with van der Waals surface area (Å²) in [5.41, 5.74) is 0.385. The van der Waals surface area contributed by atoms with Crippen molar-refractivity contribution in [3.05, 3.63) is 104 Å². The Morgan fingerprint density at radius 3 is 1.34 bits per heavy atom. The SMILES string of the molecule is C=CC(=O)OCCCCCCOc1ccc(C(=O)Oc2cc[c]([Co](=[O])[c]3ccc(OCCCCCCOC(=O)C=C)cc3)cc2)cc1. The zero-order valence-electron chi connectivity index (χ0n) is 26.5. The van der Waals surface area contributed by atoms with Crippen LogP contribution in [0, 0.1) is 0 Å². The summed E-state index contributed by atoms with van der Waals surface area (Å²) in [4.78, 5) is 34.7. The third kappa shape index (κ3) is 14.2. The van der Waals surface area contributed by atoms with Crippen molar-refractivity contribution in [1.82, 2.24) is 0 Å². The molecule has 253 valence electrons. The van der Waals surface area contributed by atoms with E-state index in [-0.39, 0.29) is 0 Å². The molecule has 10 heteroatoms. The van der Waals surface area contributed by atoms with Crippen molar-refractivity contribution in [2.75, 3.05) is 26.4 Å². The van der Waals surface area contributed by atoms with Crippen LogP contribution in [0.1, 0.15) is 61.7 Å². The average Bonchev–Trinajstić information content (AvgIpc) is 3.10. The van der Waals surface area contributed by atoms with E-state index in [1.165, 1.54) is 0 Å². The normalized spacial score (nSPS) is 10.8. The quantitative estimate of drug-likeness (QED) is 0.0530. The second-order valence-electron chi connectivity index (χ2n) is 10.3. The number of benzene rings is 3. The summed E-state index contributed by atoms with van der Waals surface area (Å²) < 4.78 is 41.3. The summed E-state index contributed by atoms with van der Waals surface area (Å²) in [5, 5.41) is 0. The van der Waals surface area contributed by atoms with Crippen molar-refractivity contribution in [2.45, 2.75) is 51.4 Å². The second kappa shape index (κ2) is 21.3. The molecule has 0 aliphatic rings. The molecule has 0 aliphatic heterocycles. The molecule has 9 nitrogen and oxygen atoms in total. The number of carbonyl (C=O) groups excluding carboxylic acids is 3. The zero-order valence-corrected chi connectivity index (χ0v) is 27.5. The first-order chi connectivity index (χ1) is 22.9. The summed E-state index contributed by atoms with van der Waals surface area (Å²) in [6.45, 7) is 8.62. The molecule has 0 amide bonds. The fourth-order valence-electron chi connectivity index (χ4n) is 4.14. The van der Waals surface area contributed by atoms with Gasteiger partial charge in [0.2, 0.25) is 0 Å². The van der Waals surface area contributed by atoms with Gasteiger partial charge in [-0.1, -0.05) is 13.2 Å². The maximum atomic E-state index is 13.1. The molecule has 47 heavy (non-hydrogen) atoms. The average molecular weight is 690 g/mol. The van der Waals surface area contributed by atoms with Gasteiger partial charge in [0.25, 0.3) is 0 Å². The second-order valence-corrected chi connectivity index (χ2v) is 12.1. The van der Waals surface area contributed by atoms with Gasteiger partial charge in [0.1, 0.15) is 0 Å². The van der Waals surface area contributed by atoms with E-state index in [2.05, 4.69) is 13.2 Å². The summed E-state index contributed by atoms with van der Waals surface area (Å²) in [5.74, 6) is 0.409. The third-order valence-corrected chi connectivity index (χ3v) is 8.47. The number of carbonyl (C=O) groups is 3. The van der Waals surface area contributed by atoms with Crippen LogP contribution in [-0.4, -0.2) is 44.3 Å². The van der Waals surface area contributed by atoms with Gasteiger partial charge in [-0.25, -0.2) is 9.59 Å². The van der Waals surface area contributed by atoms with E-state index in [0.29, 0.717) is 58.2 Å². The summed E-state index contributed by atoms with van der Waals surface area (Å²) in [6.07, 6.45) is 9.44. The summed E-state index contributed by atoms with van der Waals surface area (Å²) in [7, 11) is 0. The van der Waals surface area contributed by atoms with Crippen LogP contribution in [0.5, 0.6) is 17.2 Å². The Hall–Kier alpha value is -4.54. The maximum absolute atomic E-state index is 13.1. The van der Waals surface area contributed by atoms with E-state index in [0.717, 1.165) is 63.5 Å². The number of esters is 3. The molecular weight excluding hydrogens is 647 g/mol. The van der Waals surface area contributed by atoms with Crippen LogP contribution in [-0.2, 0) is 36.5 Å². The van der Waals surface area contributed by atoms with Crippen LogP contribution < -0.4 is 23.2 Å². The van der Waals surface area contributed by atoms with Crippen LogP contribution in [0.15, 0.2) is 98.1 Å². The van der Waals surface area contributed by atoms with Crippen LogP contribution in [0.25, 0.3) is 0 Å². The van der Waals surface area contributed by atoms with E-state index < -0.39 is 31.5 Å². The molecule has 0 bridgehead atoms. The van der Waals surface area contributed by atoms with Gasteiger partial charge in [-0.15, -0.1) is 0 Å². The van der Waals surface area contributed by atoms with Crippen molar-refractivity contribution < 1.29 is 55.5 Å². The molecule has 0 N–H and O–H groups in total. The Kier molecular flexibility index (Phi) is 16.7. The first-order valence-corrected chi connectivity index (χ1v) is 17.0. The van der Waals surface area contributed by atoms with Crippen molar-refractivity contribution in [3.8, 4) is 17.2 Å². The molecule has 0 radical (unpaired) electrons. The number of ether oxygens (including phenoxy) is 5. The summed E-state index contributed by atoms with van der Waals surface area (Å²) >= 11 is -1.81. The first kappa shape index (κ1) is 36.9. The topological polar surface area (TPSA) is 114 Å². The molecule has 3 aromatic rings. The number of hydrogen-bond donors (Lipinski definition) is 0. The van der Waals surface area contributed by atoms with Crippen molar-refractivity contribution in [1.29, 1.82) is 0 Å². The van der Waals surface area contributed by atoms with Gasteiger partial charge in [0.15, 0.2) is 0 Å². The third-order valence-electron chi connectivity index (χ3n) is 6.68. The fourth-order valence-corrected chi connectivity index (χ4v) is 5.47. The first-order valence-electron chi connectivity index (χ1n) is 15.6. The minimum absolute atomic E-state index is 0.350. The molecule has 0 saturated carbocycles. The van der Waals surface area contributed by atoms with Crippen LogP contribution in [0.3, 0.4) is 0 Å². The van der Waals surface area contributed by atoms with Crippen molar-refractivity contribution in [3.63, 3.8) is 0 Å². The van der Waals surface area contributed by atoms with E-state index in [9.17, 15) is 18.2 Å². The van der Waals surface area contributed by atoms with Crippen LogP contribution in [0.4, 0.5) is 0 Å². The molecule has 0 aromatic heterocycles. The van der Waals surface area contributed by atoms with E-state index in [4.69, 9.17) is 23.7 Å². The molecular formula is C37H42CoO9. The number of rotatable bonds is 22. The molecule has 3 aromatic carbocycles. The molecule has 0 saturated heterocycles. The van der Waals surface area contributed by atoms with Gasteiger partial charge in [0.05, 0.1) is 6.61 Å². The molecule has 0 fully saturated rings. The molecule has 0 heterocycles.